The van der Waals surface area contributed by atoms with E-state index in [2.05, 4.69) is 9.97 Å². The first-order valence-corrected chi connectivity index (χ1v) is 9.69. The van der Waals surface area contributed by atoms with E-state index < -0.39 is 18.3 Å². The van der Waals surface area contributed by atoms with Crippen molar-refractivity contribution in [3.8, 4) is 5.88 Å². The molecule has 0 radical (unpaired) electrons. The van der Waals surface area contributed by atoms with E-state index in [0.717, 1.165) is 0 Å². The van der Waals surface area contributed by atoms with E-state index in [1.807, 2.05) is 33.8 Å². The molecule has 1 amide bonds. The zero-order valence-electron chi connectivity index (χ0n) is 16.7. The summed E-state index contributed by atoms with van der Waals surface area (Å²) in [6, 6.07) is 5.32. The summed E-state index contributed by atoms with van der Waals surface area (Å²) in [6.07, 6.45) is 1.27. The predicted octanol–water partition coefficient (Wildman–Crippen LogP) is 2.05. The third-order valence-electron chi connectivity index (χ3n) is 5.66. The number of amides is 1. The van der Waals surface area contributed by atoms with E-state index in [1.165, 1.54) is 6.33 Å². The highest BCUT2D eigenvalue weighted by molar-refractivity contribution is 6.65. The third-order valence-corrected chi connectivity index (χ3v) is 5.98. The standard InChI is InChI=1S/C19H22BClN4O4/c1-18(2)19(3,4)29-20(28-18)12-6-5-11(9-13(12)21)25-7-8-27-16-14(17(25)26)15(22)23-10-24-16/h5-6,9-10H,7-8H2,1-4H3,(H2,22,23,24). The van der Waals surface area contributed by atoms with Crippen LogP contribution in [0.15, 0.2) is 24.5 Å². The summed E-state index contributed by atoms with van der Waals surface area (Å²) < 4.78 is 17.7. The Hall–Kier alpha value is -2.36. The summed E-state index contributed by atoms with van der Waals surface area (Å²) in [5.41, 5.74) is 6.41. The molecule has 1 fully saturated rings. The zero-order valence-corrected chi connectivity index (χ0v) is 17.5. The fourth-order valence-electron chi connectivity index (χ4n) is 3.25. The van der Waals surface area contributed by atoms with Gasteiger partial charge >= 0.3 is 7.12 Å². The number of anilines is 2. The molecule has 3 heterocycles. The Morgan fingerprint density at radius 3 is 2.52 bits per heavy atom. The van der Waals surface area contributed by atoms with E-state index in [1.54, 1.807) is 17.0 Å². The number of carbonyl (C=O) groups excluding carboxylic acids is 1. The van der Waals surface area contributed by atoms with Crippen LogP contribution >= 0.6 is 11.6 Å². The van der Waals surface area contributed by atoms with Gasteiger partial charge in [-0.3, -0.25) is 4.79 Å². The highest BCUT2D eigenvalue weighted by Gasteiger charge is 2.52. The number of nitrogens with zero attached hydrogens (tertiary/aromatic N) is 3. The lowest BCUT2D eigenvalue weighted by Gasteiger charge is -2.32. The Kier molecular flexibility index (Phi) is 4.72. The summed E-state index contributed by atoms with van der Waals surface area (Å²) in [7, 11) is -0.588. The molecule has 29 heavy (non-hydrogen) atoms. The van der Waals surface area contributed by atoms with Crippen molar-refractivity contribution in [1.82, 2.24) is 9.97 Å². The van der Waals surface area contributed by atoms with E-state index >= 15 is 0 Å². The number of halogens is 1. The van der Waals surface area contributed by atoms with Crippen LogP contribution in [0.25, 0.3) is 0 Å². The molecule has 1 saturated heterocycles. The first kappa shape index (κ1) is 19.9. The van der Waals surface area contributed by atoms with Crippen LogP contribution in [-0.4, -0.2) is 47.3 Å². The van der Waals surface area contributed by atoms with Crippen molar-refractivity contribution in [3.05, 3.63) is 35.1 Å². The number of ether oxygens (including phenoxy) is 1. The number of carbonyl (C=O) groups is 1. The minimum absolute atomic E-state index is 0.0758. The van der Waals surface area contributed by atoms with Gasteiger partial charge in [0, 0.05) is 16.2 Å². The van der Waals surface area contributed by atoms with E-state index in [9.17, 15) is 4.79 Å². The van der Waals surface area contributed by atoms with Crippen molar-refractivity contribution in [2.45, 2.75) is 38.9 Å². The van der Waals surface area contributed by atoms with Gasteiger partial charge in [0.05, 0.1) is 17.7 Å². The molecule has 0 spiro atoms. The number of nitrogens with two attached hydrogens (primary N) is 1. The van der Waals surface area contributed by atoms with Gasteiger partial charge in [0.25, 0.3) is 5.91 Å². The van der Waals surface area contributed by atoms with Gasteiger partial charge in [-0.1, -0.05) is 17.7 Å². The van der Waals surface area contributed by atoms with Gasteiger partial charge in [0.2, 0.25) is 5.88 Å². The van der Waals surface area contributed by atoms with Gasteiger partial charge in [0.15, 0.2) is 0 Å². The number of fused-ring (bicyclic) bond motifs is 1. The average Bonchev–Trinajstić information content (AvgIpc) is 2.76. The van der Waals surface area contributed by atoms with Gasteiger partial charge < -0.3 is 24.7 Å². The summed E-state index contributed by atoms with van der Waals surface area (Å²) in [5.74, 6) is -0.0770. The van der Waals surface area contributed by atoms with Crippen molar-refractivity contribution >= 4 is 41.6 Å². The molecule has 0 saturated carbocycles. The Bertz CT molecular complexity index is 969. The Labute approximate surface area is 174 Å². The summed E-state index contributed by atoms with van der Waals surface area (Å²) in [5, 5.41) is 0.441. The molecule has 10 heteroatoms. The molecule has 0 bridgehead atoms. The second kappa shape index (κ2) is 6.86. The molecule has 152 valence electrons. The van der Waals surface area contributed by atoms with Crippen LogP contribution in [-0.2, 0) is 9.31 Å². The lowest BCUT2D eigenvalue weighted by molar-refractivity contribution is 0.00578. The average molecular weight is 417 g/mol. The Morgan fingerprint density at radius 2 is 1.86 bits per heavy atom. The van der Waals surface area contributed by atoms with Crippen LogP contribution in [0.4, 0.5) is 11.5 Å². The molecule has 8 nitrogen and oxygen atoms in total. The van der Waals surface area contributed by atoms with Crippen molar-refractivity contribution in [1.29, 1.82) is 0 Å². The fraction of sp³-hybridized carbons (Fsp3) is 0.421. The minimum Gasteiger partial charge on any atom is -0.475 e. The van der Waals surface area contributed by atoms with Gasteiger partial charge in [-0.05, 0) is 39.8 Å². The highest BCUT2D eigenvalue weighted by Crippen LogP contribution is 2.37. The lowest BCUT2D eigenvalue weighted by atomic mass is 9.79. The molecule has 0 unspecified atom stereocenters. The number of rotatable bonds is 2. The topological polar surface area (TPSA) is 99.8 Å². The molecule has 1 aromatic carbocycles. The maximum atomic E-state index is 13.1. The summed E-state index contributed by atoms with van der Waals surface area (Å²) >= 11 is 6.56. The number of nitrogen functional groups attached to an aromatic ring is 1. The highest BCUT2D eigenvalue weighted by atomic mass is 35.5. The second-order valence-electron chi connectivity index (χ2n) is 8.04. The maximum absolute atomic E-state index is 13.1. The van der Waals surface area contributed by atoms with E-state index in [4.69, 9.17) is 31.4 Å². The summed E-state index contributed by atoms with van der Waals surface area (Å²) in [4.78, 5) is 22.5. The predicted molar refractivity (Wildman–Crippen MR) is 111 cm³/mol. The first-order valence-electron chi connectivity index (χ1n) is 9.31. The van der Waals surface area contributed by atoms with Crippen LogP contribution in [0.5, 0.6) is 5.88 Å². The van der Waals surface area contributed by atoms with Crippen LogP contribution in [0.3, 0.4) is 0 Å². The molecule has 0 atom stereocenters. The monoisotopic (exact) mass is 416 g/mol. The smallest absolute Gasteiger partial charge is 0.475 e. The van der Waals surface area contributed by atoms with E-state index in [-0.39, 0.29) is 29.8 Å². The fourth-order valence-corrected chi connectivity index (χ4v) is 3.52. The van der Waals surface area contributed by atoms with Crippen molar-refractivity contribution in [3.63, 3.8) is 0 Å². The van der Waals surface area contributed by atoms with Crippen LogP contribution < -0.4 is 20.8 Å². The molecule has 0 aliphatic carbocycles. The normalized spacial score (nSPS) is 20.2. The number of aromatic nitrogens is 2. The Morgan fingerprint density at radius 1 is 1.17 bits per heavy atom. The number of benzene rings is 1. The largest absolute Gasteiger partial charge is 0.496 e. The van der Waals surface area contributed by atoms with Crippen LogP contribution in [0, 0.1) is 0 Å². The lowest BCUT2D eigenvalue weighted by Crippen LogP contribution is -2.41. The van der Waals surface area contributed by atoms with Crippen LogP contribution in [0.1, 0.15) is 38.1 Å². The van der Waals surface area contributed by atoms with Crippen molar-refractivity contribution in [2.24, 2.45) is 0 Å². The molecule has 2 aliphatic heterocycles. The molecule has 4 rings (SSSR count). The third kappa shape index (κ3) is 3.33. The zero-order chi connectivity index (χ0) is 21.0. The second-order valence-corrected chi connectivity index (χ2v) is 8.45. The van der Waals surface area contributed by atoms with Crippen molar-refractivity contribution in [2.75, 3.05) is 23.8 Å². The van der Waals surface area contributed by atoms with Crippen molar-refractivity contribution < 1.29 is 18.8 Å². The van der Waals surface area contributed by atoms with Gasteiger partial charge in [0.1, 0.15) is 24.3 Å². The molecular formula is C19H22BClN4O4. The first-order chi connectivity index (χ1) is 13.6. The van der Waals surface area contributed by atoms with E-state index in [0.29, 0.717) is 22.7 Å². The Balaban J connectivity index is 1.65. The molecule has 2 aliphatic rings. The molecule has 2 N–H and O–H groups in total. The molecule has 2 aromatic rings. The maximum Gasteiger partial charge on any atom is 0.496 e. The number of hydrogen-bond donors (Lipinski definition) is 1. The minimum atomic E-state index is -0.588. The van der Waals surface area contributed by atoms with Gasteiger partial charge in [-0.15, -0.1) is 0 Å². The number of hydrogen-bond acceptors (Lipinski definition) is 7. The quantitative estimate of drug-likeness (QED) is 0.748. The van der Waals surface area contributed by atoms with Crippen LogP contribution in [0.2, 0.25) is 5.02 Å². The van der Waals surface area contributed by atoms with Gasteiger partial charge in [-0.2, -0.15) is 0 Å². The van der Waals surface area contributed by atoms with Gasteiger partial charge in [-0.25, -0.2) is 9.97 Å². The summed E-state index contributed by atoms with van der Waals surface area (Å²) in [6.45, 7) is 8.51. The SMILES string of the molecule is CC1(C)OB(c2ccc(N3CCOc4ncnc(N)c4C3=O)cc2Cl)OC1(C)C. The molecular weight excluding hydrogens is 394 g/mol. The molecule has 1 aromatic heterocycles.